The van der Waals surface area contributed by atoms with E-state index in [4.69, 9.17) is 4.98 Å². The zero-order valence-electron chi connectivity index (χ0n) is 17.3. The topological polar surface area (TPSA) is 58.4 Å². The number of piperazine rings is 1. The number of hydrogen-bond donors (Lipinski definition) is 0. The molecule has 0 saturated carbocycles. The minimum atomic E-state index is 0.0207. The predicted octanol–water partition coefficient (Wildman–Crippen LogP) is 3.22. The maximum Gasteiger partial charge on any atom is 0.264 e. The Bertz CT molecular complexity index is 951. The largest absolute Gasteiger partial charge is 0.339 e. The van der Waals surface area contributed by atoms with Gasteiger partial charge in [0, 0.05) is 43.0 Å². The quantitative estimate of drug-likeness (QED) is 0.791. The first kappa shape index (κ1) is 19.4. The van der Waals surface area contributed by atoms with Crippen LogP contribution in [0.25, 0.3) is 10.2 Å². The van der Waals surface area contributed by atoms with E-state index in [-0.39, 0.29) is 23.4 Å². The Labute approximate surface area is 170 Å². The van der Waals surface area contributed by atoms with Crippen molar-refractivity contribution in [1.82, 2.24) is 14.5 Å². The lowest BCUT2D eigenvalue weighted by molar-refractivity contribution is -0.134. The van der Waals surface area contributed by atoms with E-state index in [1.165, 1.54) is 16.9 Å². The van der Waals surface area contributed by atoms with Crippen molar-refractivity contribution in [2.45, 2.75) is 59.4 Å². The van der Waals surface area contributed by atoms with Crippen LogP contribution in [0.1, 0.15) is 57.0 Å². The van der Waals surface area contributed by atoms with Gasteiger partial charge in [-0.2, -0.15) is 0 Å². The molecule has 1 saturated heterocycles. The monoisotopic (exact) mass is 402 g/mol. The van der Waals surface area contributed by atoms with Crippen molar-refractivity contribution < 1.29 is 4.79 Å². The molecule has 0 aromatic carbocycles. The molecule has 4 rings (SSSR count). The van der Waals surface area contributed by atoms with Gasteiger partial charge in [0.25, 0.3) is 5.56 Å². The van der Waals surface area contributed by atoms with Crippen molar-refractivity contribution in [3.8, 4) is 0 Å². The summed E-state index contributed by atoms with van der Waals surface area (Å²) in [5.74, 6) is 0.991. The van der Waals surface area contributed by atoms with E-state index in [2.05, 4.69) is 18.7 Å². The van der Waals surface area contributed by atoms with Crippen molar-refractivity contribution in [2.24, 2.45) is 5.92 Å². The Morgan fingerprint density at radius 3 is 2.36 bits per heavy atom. The number of carbonyl (C=O) groups is 1. The van der Waals surface area contributed by atoms with Gasteiger partial charge in [-0.15, -0.1) is 11.3 Å². The van der Waals surface area contributed by atoms with Crippen molar-refractivity contribution in [1.29, 1.82) is 0 Å². The molecule has 2 aromatic heterocycles. The Morgan fingerprint density at radius 2 is 1.71 bits per heavy atom. The summed E-state index contributed by atoms with van der Waals surface area (Å²) in [5, 5.41) is 0.853. The van der Waals surface area contributed by atoms with Crippen LogP contribution in [0.2, 0.25) is 0 Å². The zero-order valence-corrected chi connectivity index (χ0v) is 18.1. The van der Waals surface area contributed by atoms with Crippen molar-refractivity contribution >= 4 is 33.4 Å². The number of fused-ring (bicyclic) bond motifs is 3. The number of nitrogens with zero attached hydrogens (tertiary/aromatic N) is 4. The van der Waals surface area contributed by atoms with Gasteiger partial charge in [-0.1, -0.05) is 13.8 Å². The SMILES string of the molecule is CC(C)C(=O)N1CCN(c2nc3sc4c(c3c(=O)n2C(C)C)CCCC4)CC1. The van der Waals surface area contributed by atoms with E-state index >= 15 is 0 Å². The van der Waals surface area contributed by atoms with Crippen LogP contribution in [0.4, 0.5) is 5.95 Å². The van der Waals surface area contributed by atoms with E-state index in [0.717, 1.165) is 35.4 Å². The zero-order chi connectivity index (χ0) is 20.0. The number of aromatic nitrogens is 2. The molecule has 28 heavy (non-hydrogen) atoms. The third-order valence-electron chi connectivity index (χ3n) is 5.89. The Kier molecular flexibility index (Phi) is 5.21. The first-order chi connectivity index (χ1) is 13.4. The molecule has 1 fully saturated rings. The fourth-order valence-electron chi connectivity index (χ4n) is 4.39. The van der Waals surface area contributed by atoms with Crippen LogP contribution in [0.3, 0.4) is 0 Å². The number of thiophene rings is 1. The van der Waals surface area contributed by atoms with Crippen LogP contribution < -0.4 is 10.5 Å². The lowest BCUT2D eigenvalue weighted by atomic mass is 9.97. The molecular weight excluding hydrogens is 372 g/mol. The first-order valence-corrected chi connectivity index (χ1v) is 11.3. The van der Waals surface area contributed by atoms with Gasteiger partial charge < -0.3 is 9.80 Å². The lowest BCUT2D eigenvalue weighted by Gasteiger charge is -2.37. The summed E-state index contributed by atoms with van der Waals surface area (Å²) in [6.07, 6.45) is 4.44. The fraction of sp³-hybridized carbons (Fsp3) is 0.667. The number of aryl methyl sites for hydroxylation is 2. The van der Waals surface area contributed by atoms with Gasteiger partial charge in [0.05, 0.1) is 5.39 Å². The standard InChI is InChI=1S/C21H30N4O2S/c1-13(2)19(26)23-9-11-24(12-10-23)21-22-18-17(20(27)25(21)14(3)4)15-7-5-6-8-16(15)28-18/h13-14H,5-12H2,1-4H3. The van der Waals surface area contributed by atoms with Crippen LogP contribution in [0.5, 0.6) is 0 Å². The summed E-state index contributed by atoms with van der Waals surface area (Å²) in [7, 11) is 0. The van der Waals surface area contributed by atoms with E-state index in [1.807, 2.05) is 23.3 Å². The third-order valence-corrected chi connectivity index (χ3v) is 7.07. The Morgan fingerprint density at radius 1 is 1.04 bits per heavy atom. The van der Waals surface area contributed by atoms with Crippen LogP contribution in [-0.2, 0) is 17.6 Å². The molecule has 0 atom stereocenters. The molecular formula is C21H30N4O2S. The molecule has 2 aliphatic rings. The second kappa shape index (κ2) is 7.50. The molecule has 0 radical (unpaired) electrons. The summed E-state index contributed by atoms with van der Waals surface area (Å²) < 4.78 is 1.86. The number of amides is 1. The summed E-state index contributed by atoms with van der Waals surface area (Å²) in [6.45, 7) is 10.8. The van der Waals surface area contributed by atoms with Crippen molar-refractivity contribution in [3.05, 3.63) is 20.8 Å². The van der Waals surface area contributed by atoms with Gasteiger partial charge in [0.1, 0.15) is 4.83 Å². The Balaban J connectivity index is 1.72. The Hall–Kier alpha value is -1.89. The molecule has 6 nitrogen and oxygen atoms in total. The molecule has 2 aromatic rings. The van der Waals surface area contributed by atoms with E-state index in [9.17, 15) is 9.59 Å². The summed E-state index contributed by atoms with van der Waals surface area (Å²) in [5.41, 5.74) is 1.35. The number of hydrogen-bond acceptors (Lipinski definition) is 5. The highest BCUT2D eigenvalue weighted by Gasteiger charge is 2.28. The highest BCUT2D eigenvalue weighted by molar-refractivity contribution is 7.18. The normalized spacial score (nSPS) is 17.6. The van der Waals surface area contributed by atoms with Gasteiger partial charge in [-0.3, -0.25) is 14.2 Å². The highest BCUT2D eigenvalue weighted by Crippen LogP contribution is 2.35. The van der Waals surface area contributed by atoms with Gasteiger partial charge >= 0.3 is 0 Å². The maximum atomic E-state index is 13.5. The summed E-state index contributed by atoms with van der Waals surface area (Å²) in [6, 6.07) is 0.0499. The molecule has 1 aliphatic heterocycles. The maximum absolute atomic E-state index is 13.5. The molecule has 0 bridgehead atoms. The third kappa shape index (κ3) is 3.23. The fourth-order valence-corrected chi connectivity index (χ4v) is 5.63. The lowest BCUT2D eigenvalue weighted by Crippen LogP contribution is -2.51. The molecule has 7 heteroatoms. The van der Waals surface area contributed by atoms with E-state index < -0.39 is 0 Å². The molecule has 0 N–H and O–H groups in total. The summed E-state index contributed by atoms with van der Waals surface area (Å²) >= 11 is 1.71. The molecule has 1 aliphatic carbocycles. The van der Waals surface area contributed by atoms with Gasteiger partial charge in [0.15, 0.2) is 0 Å². The smallest absolute Gasteiger partial charge is 0.264 e. The van der Waals surface area contributed by atoms with Crippen LogP contribution in [0.15, 0.2) is 4.79 Å². The van der Waals surface area contributed by atoms with Gasteiger partial charge in [0.2, 0.25) is 11.9 Å². The van der Waals surface area contributed by atoms with Crippen molar-refractivity contribution in [3.63, 3.8) is 0 Å². The molecule has 1 amide bonds. The molecule has 152 valence electrons. The molecule has 0 spiro atoms. The molecule has 0 unspecified atom stereocenters. The number of anilines is 1. The predicted molar refractivity (Wildman–Crippen MR) is 115 cm³/mol. The van der Waals surface area contributed by atoms with Crippen LogP contribution >= 0.6 is 11.3 Å². The first-order valence-electron chi connectivity index (χ1n) is 10.5. The van der Waals surface area contributed by atoms with E-state index in [0.29, 0.717) is 26.2 Å². The van der Waals surface area contributed by atoms with Crippen LogP contribution in [-0.4, -0.2) is 46.5 Å². The minimum absolute atomic E-state index is 0.0207. The highest BCUT2D eigenvalue weighted by atomic mass is 32.1. The van der Waals surface area contributed by atoms with Crippen molar-refractivity contribution in [2.75, 3.05) is 31.1 Å². The van der Waals surface area contributed by atoms with Gasteiger partial charge in [-0.05, 0) is 45.1 Å². The second-order valence-corrected chi connectivity index (χ2v) is 9.62. The molecule has 3 heterocycles. The van der Waals surface area contributed by atoms with Gasteiger partial charge in [-0.25, -0.2) is 4.98 Å². The summed E-state index contributed by atoms with van der Waals surface area (Å²) in [4.78, 5) is 37.1. The van der Waals surface area contributed by atoms with Crippen LogP contribution in [0, 0.1) is 5.92 Å². The minimum Gasteiger partial charge on any atom is -0.339 e. The average Bonchev–Trinajstić information content (AvgIpc) is 3.05. The average molecular weight is 403 g/mol. The second-order valence-electron chi connectivity index (χ2n) is 8.54. The van der Waals surface area contributed by atoms with E-state index in [1.54, 1.807) is 11.3 Å². The number of carbonyl (C=O) groups excluding carboxylic acids is 1. The number of rotatable bonds is 3.